The van der Waals surface area contributed by atoms with Gasteiger partial charge in [-0.05, 0) is 11.8 Å². The molecule has 0 amide bonds. The molecule has 0 bridgehead atoms. The van der Waals surface area contributed by atoms with Crippen molar-refractivity contribution in [2.75, 3.05) is 0 Å². The van der Waals surface area contributed by atoms with E-state index in [1.165, 1.54) is 154 Å². The van der Waals surface area contributed by atoms with Crippen LogP contribution in [0.25, 0.3) is 0 Å². The maximum atomic E-state index is 2.50. The van der Waals surface area contributed by atoms with E-state index < -0.39 is 0 Å². The zero-order valence-corrected chi connectivity index (χ0v) is 22.1. The van der Waals surface area contributed by atoms with E-state index in [0.717, 1.165) is 11.8 Å². The molecule has 0 aliphatic heterocycles. The molecule has 0 aromatic heterocycles. The third kappa shape index (κ3) is 24.3. The molecule has 0 saturated carbocycles. The SMILES string of the molecule is CCCCCCCCCCCCCCC(C)CCC(C)CCCCCCCCCC. The monoisotopic (exact) mass is 422 g/mol. The Morgan fingerprint density at radius 3 is 0.800 bits per heavy atom. The van der Waals surface area contributed by atoms with Crippen molar-refractivity contribution in [1.82, 2.24) is 0 Å². The summed E-state index contributed by atoms with van der Waals surface area (Å²) in [6.07, 6.45) is 35.1. The van der Waals surface area contributed by atoms with E-state index in [1.807, 2.05) is 0 Å². The van der Waals surface area contributed by atoms with Gasteiger partial charge in [0.25, 0.3) is 0 Å². The van der Waals surface area contributed by atoms with Crippen LogP contribution in [0.2, 0.25) is 0 Å². The second-order valence-corrected chi connectivity index (χ2v) is 10.7. The lowest BCUT2D eigenvalue weighted by atomic mass is 9.91. The molecule has 30 heavy (non-hydrogen) atoms. The Kier molecular flexibility index (Phi) is 25.3. The Morgan fingerprint density at radius 2 is 0.533 bits per heavy atom. The fourth-order valence-electron chi connectivity index (χ4n) is 4.82. The van der Waals surface area contributed by atoms with Crippen molar-refractivity contribution in [3.63, 3.8) is 0 Å². The molecule has 0 rings (SSSR count). The second kappa shape index (κ2) is 25.3. The summed E-state index contributed by atoms with van der Waals surface area (Å²) in [5, 5.41) is 0. The lowest BCUT2D eigenvalue weighted by Gasteiger charge is -2.15. The first-order valence-corrected chi connectivity index (χ1v) is 14.7. The molecule has 2 unspecified atom stereocenters. The van der Waals surface area contributed by atoms with Gasteiger partial charge in [0.15, 0.2) is 0 Å². The molecule has 0 aliphatic carbocycles. The van der Waals surface area contributed by atoms with E-state index in [0.29, 0.717) is 0 Å². The topological polar surface area (TPSA) is 0 Å². The smallest absolute Gasteiger partial charge is 0.0443 e. The van der Waals surface area contributed by atoms with Crippen LogP contribution in [0.15, 0.2) is 0 Å². The highest BCUT2D eigenvalue weighted by Gasteiger charge is 2.07. The van der Waals surface area contributed by atoms with Gasteiger partial charge in [0.05, 0.1) is 0 Å². The van der Waals surface area contributed by atoms with Crippen molar-refractivity contribution in [3.05, 3.63) is 0 Å². The number of hydrogen-bond acceptors (Lipinski definition) is 0. The van der Waals surface area contributed by atoms with Crippen LogP contribution in [0.4, 0.5) is 0 Å². The predicted molar refractivity (Wildman–Crippen MR) is 140 cm³/mol. The summed E-state index contributed by atoms with van der Waals surface area (Å²) in [5.41, 5.74) is 0. The van der Waals surface area contributed by atoms with Crippen LogP contribution in [-0.4, -0.2) is 0 Å². The molecule has 0 N–H and O–H groups in total. The van der Waals surface area contributed by atoms with Gasteiger partial charge in [-0.3, -0.25) is 0 Å². The average molecular weight is 423 g/mol. The Balaban J connectivity index is 3.28. The zero-order valence-electron chi connectivity index (χ0n) is 22.1. The minimum Gasteiger partial charge on any atom is -0.0654 e. The number of hydrogen-bond donors (Lipinski definition) is 0. The highest BCUT2D eigenvalue weighted by atomic mass is 14.1. The molecule has 2 atom stereocenters. The van der Waals surface area contributed by atoms with Gasteiger partial charge in [-0.15, -0.1) is 0 Å². The first-order valence-electron chi connectivity index (χ1n) is 14.7. The summed E-state index contributed by atoms with van der Waals surface area (Å²) in [4.78, 5) is 0. The van der Waals surface area contributed by atoms with E-state index in [1.54, 1.807) is 0 Å². The highest BCUT2D eigenvalue weighted by molar-refractivity contribution is 4.60. The number of rotatable bonds is 25. The summed E-state index contributed by atoms with van der Waals surface area (Å²) in [6.45, 7) is 9.61. The van der Waals surface area contributed by atoms with Gasteiger partial charge >= 0.3 is 0 Å². The first-order chi connectivity index (χ1) is 14.7. The Morgan fingerprint density at radius 1 is 0.300 bits per heavy atom. The molecule has 0 fully saturated rings. The molecule has 0 radical (unpaired) electrons. The van der Waals surface area contributed by atoms with Crippen molar-refractivity contribution < 1.29 is 0 Å². The molecule has 0 aliphatic rings. The summed E-state index contributed by atoms with van der Waals surface area (Å²) < 4.78 is 0. The van der Waals surface area contributed by atoms with Crippen LogP contribution in [0.3, 0.4) is 0 Å². The molecule has 0 saturated heterocycles. The molecule has 0 heterocycles. The molecule has 182 valence electrons. The lowest BCUT2D eigenvalue weighted by molar-refractivity contribution is 0.376. The Labute approximate surface area is 193 Å². The zero-order chi connectivity index (χ0) is 22.1. The van der Waals surface area contributed by atoms with Gasteiger partial charge < -0.3 is 0 Å². The van der Waals surface area contributed by atoms with Crippen LogP contribution in [0.5, 0.6) is 0 Å². The fraction of sp³-hybridized carbons (Fsp3) is 1.00. The van der Waals surface area contributed by atoms with Crippen molar-refractivity contribution in [2.45, 2.75) is 182 Å². The molecule has 0 heteroatoms. The summed E-state index contributed by atoms with van der Waals surface area (Å²) in [7, 11) is 0. The van der Waals surface area contributed by atoms with Gasteiger partial charge in [0.2, 0.25) is 0 Å². The maximum absolute atomic E-state index is 2.50. The molecule has 0 aromatic rings. The lowest BCUT2D eigenvalue weighted by Crippen LogP contribution is -2.01. The van der Waals surface area contributed by atoms with Gasteiger partial charge in [0.1, 0.15) is 0 Å². The molecule has 0 nitrogen and oxygen atoms in total. The van der Waals surface area contributed by atoms with Gasteiger partial charge in [-0.1, -0.05) is 182 Å². The minimum absolute atomic E-state index is 0.953. The van der Waals surface area contributed by atoms with Crippen LogP contribution in [0, 0.1) is 11.8 Å². The normalized spacial score (nSPS) is 13.6. The van der Waals surface area contributed by atoms with Crippen LogP contribution < -0.4 is 0 Å². The summed E-state index contributed by atoms with van der Waals surface area (Å²) in [5.74, 6) is 1.91. The highest BCUT2D eigenvalue weighted by Crippen LogP contribution is 2.22. The quantitative estimate of drug-likeness (QED) is 0.128. The predicted octanol–water partition coefficient (Wildman–Crippen LogP) is 11.7. The first kappa shape index (κ1) is 30.0. The molecular weight excluding hydrogens is 360 g/mol. The van der Waals surface area contributed by atoms with Crippen molar-refractivity contribution in [3.8, 4) is 0 Å². The molecule has 0 spiro atoms. The van der Waals surface area contributed by atoms with Gasteiger partial charge in [0, 0.05) is 0 Å². The Hall–Kier alpha value is 0. The number of unbranched alkanes of at least 4 members (excludes halogenated alkanes) is 18. The fourth-order valence-corrected chi connectivity index (χ4v) is 4.82. The van der Waals surface area contributed by atoms with Crippen LogP contribution in [0.1, 0.15) is 182 Å². The third-order valence-electron chi connectivity index (χ3n) is 7.25. The minimum atomic E-state index is 0.953. The maximum Gasteiger partial charge on any atom is -0.0443 e. The van der Waals surface area contributed by atoms with E-state index in [9.17, 15) is 0 Å². The third-order valence-corrected chi connectivity index (χ3v) is 7.25. The van der Waals surface area contributed by atoms with Crippen LogP contribution >= 0.6 is 0 Å². The summed E-state index contributed by atoms with van der Waals surface area (Å²) in [6, 6.07) is 0. The van der Waals surface area contributed by atoms with E-state index in [-0.39, 0.29) is 0 Å². The largest absolute Gasteiger partial charge is 0.0654 e. The Bertz CT molecular complexity index is 294. The van der Waals surface area contributed by atoms with Gasteiger partial charge in [-0.2, -0.15) is 0 Å². The average Bonchev–Trinajstić information content (AvgIpc) is 2.75. The van der Waals surface area contributed by atoms with Crippen molar-refractivity contribution in [1.29, 1.82) is 0 Å². The molecule has 0 aromatic carbocycles. The second-order valence-electron chi connectivity index (χ2n) is 10.7. The molecular formula is C30H62. The van der Waals surface area contributed by atoms with Crippen LogP contribution in [-0.2, 0) is 0 Å². The van der Waals surface area contributed by atoms with Crippen molar-refractivity contribution >= 4 is 0 Å². The van der Waals surface area contributed by atoms with Crippen molar-refractivity contribution in [2.24, 2.45) is 11.8 Å². The standard InChI is InChI=1S/C30H62/c1-5-7-9-11-13-15-16-17-18-20-22-24-26-30(4)28-27-29(3)25-23-21-19-14-12-10-8-6-2/h29-30H,5-28H2,1-4H3. The van der Waals surface area contributed by atoms with Gasteiger partial charge in [-0.25, -0.2) is 0 Å². The van der Waals surface area contributed by atoms with E-state index >= 15 is 0 Å². The van der Waals surface area contributed by atoms with E-state index in [4.69, 9.17) is 0 Å². The summed E-state index contributed by atoms with van der Waals surface area (Å²) >= 11 is 0. The van der Waals surface area contributed by atoms with E-state index in [2.05, 4.69) is 27.7 Å².